The molecule has 1 aromatic carbocycles. The number of imidazole rings is 1. The number of carbonyl (C=O) groups excluding carboxylic acids is 1. The van der Waals surface area contributed by atoms with Crippen LogP contribution in [0, 0.1) is 0 Å². The molecular formula is C23H28N6O7P-. The average molecular weight is 531 g/mol. The Labute approximate surface area is 212 Å². The number of aromatic nitrogens is 4. The molecule has 1 saturated heterocycles. The lowest BCUT2D eigenvalue weighted by atomic mass is 10.1. The number of amides is 2. The van der Waals surface area contributed by atoms with Gasteiger partial charge in [0.2, 0.25) is 0 Å². The number of hydrogen-bond acceptors (Lipinski definition) is 10. The molecule has 198 valence electrons. The van der Waals surface area contributed by atoms with Gasteiger partial charge in [-0.15, -0.1) is 0 Å². The number of nitrogens with zero attached hydrogens (tertiary/aromatic N) is 4. The van der Waals surface area contributed by atoms with E-state index in [1.807, 2.05) is 0 Å². The van der Waals surface area contributed by atoms with Crippen LogP contribution in [0.2, 0.25) is 0 Å². The molecule has 2 fully saturated rings. The molecule has 1 aliphatic carbocycles. The van der Waals surface area contributed by atoms with Crippen LogP contribution in [-0.2, 0) is 20.0 Å². The third-order valence-electron chi connectivity index (χ3n) is 6.55. The maximum atomic E-state index is 12.4. The smallest absolute Gasteiger partial charge is 0.320 e. The van der Waals surface area contributed by atoms with Gasteiger partial charge in [-0.25, -0.2) is 19.7 Å². The average Bonchev–Trinajstić information content (AvgIpc) is 3.60. The van der Waals surface area contributed by atoms with Crippen LogP contribution in [0.15, 0.2) is 43.0 Å². The van der Waals surface area contributed by atoms with E-state index < -0.39 is 44.8 Å². The lowest BCUT2D eigenvalue weighted by Gasteiger charge is -2.25. The number of anilines is 1. The summed E-state index contributed by atoms with van der Waals surface area (Å²) in [6.45, 7) is -0.474. The van der Waals surface area contributed by atoms with E-state index in [2.05, 4.69) is 25.6 Å². The van der Waals surface area contributed by atoms with Crippen molar-refractivity contribution in [3.8, 4) is 0 Å². The lowest BCUT2D eigenvalue weighted by Crippen LogP contribution is -2.36. The lowest BCUT2D eigenvalue weighted by molar-refractivity contribution is -0.202. The molecule has 3 aromatic rings. The van der Waals surface area contributed by atoms with Gasteiger partial charge in [0.25, 0.3) is 0 Å². The summed E-state index contributed by atoms with van der Waals surface area (Å²) >= 11 is 0. The fourth-order valence-electron chi connectivity index (χ4n) is 4.67. The number of aliphatic hydroxyl groups excluding tert-OH is 2. The Balaban J connectivity index is 1.26. The number of aliphatic hydroxyl groups is 2. The van der Waals surface area contributed by atoms with Gasteiger partial charge in [-0.05, 0) is 18.4 Å². The van der Waals surface area contributed by atoms with Gasteiger partial charge < -0.3 is 34.2 Å². The Hall–Kier alpha value is -2.93. The molecule has 2 aliphatic rings. The number of ether oxygens (including phenoxy) is 1. The molecule has 0 radical (unpaired) electrons. The van der Waals surface area contributed by atoms with Crippen LogP contribution < -0.4 is 15.5 Å². The largest absolute Gasteiger partial charge is 0.778 e. The number of carbonyl (C=O) groups is 1. The molecule has 13 nitrogen and oxygen atoms in total. The summed E-state index contributed by atoms with van der Waals surface area (Å²) in [6.07, 6.45) is 1.21. The van der Waals surface area contributed by atoms with E-state index >= 15 is 0 Å². The highest BCUT2D eigenvalue weighted by Crippen LogP contribution is 2.42. The Morgan fingerprint density at radius 3 is 2.68 bits per heavy atom. The third kappa shape index (κ3) is 5.82. The molecule has 3 heterocycles. The zero-order valence-corrected chi connectivity index (χ0v) is 20.7. The second-order valence-electron chi connectivity index (χ2n) is 9.22. The van der Waals surface area contributed by atoms with Crippen molar-refractivity contribution in [1.82, 2.24) is 24.8 Å². The molecule has 3 unspecified atom stereocenters. The molecule has 1 saturated carbocycles. The van der Waals surface area contributed by atoms with Crippen molar-refractivity contribution in [2.45, 2.75) is 62.4 Å². The first-order valence-corrected chi connectivity index (χ1v) is 13.8. The van der Waals surface area contributed by atoms with Crippen LogP contribution in [0.25, 0.3) is 11.2 Å². The Kier molecular flexibility index (Phi) is 7.52. The van der Waals surface area contributed by atoms with Crippen LogP contribution in [0.4, 0.5) is 10.6 Å². The predicted octanol–water partition coefficient (Wildman–Crippen LogP) is 1.28. The normalized spacial score (nSPS) is 25.8. The zero-order valence-electron chi connectivity index (χ0n) is 19.8. The van der Waals surface area contributed by atoms with Gasteiger partial charge >= 0.3 is 6.03 Å². The maximum absolute atomic E-state index is 12.4. The number of nitrogens with one attached hydrogen (secondary N) is 2. The van der Waals surface area contributed by atoms with Crippen LogP contribution in [0.5, 0.6) is 0 Å². The standard InChI is InChI=1S/C23H29N6O7P/c30-18-16(10-35-37(33,34)11-14-6-2-1-3-7-14)36-22(19(18)31)29-13-26-17-20(24-12-25-21(17)29)28-23(32)27-15-8-4-5-9-15/h1-3,6-7,12-13,15-16,18-19,22,30-31H,4-5,8-11H2,(H,33,34)(H2,24,25,27,28,32)/p-1/t16-,18?,19?,22-/m1/s1. The first kappa shape index (κ1) is 25.7. The molecule has 5 rings (SSSR count). The quantitative estimate of drug-likeness (QED) is 0.309. The third-order valence-corrected chi connectivity index (χ3v) is 7.84. The van der Waals surface area contributed by atoms with Crippen molar-refractivity contribution in [3.05, 3.63) is 48.5 Å². The van der Waals surface area contributed by atoms with E-state index in [4.69, 9.17) is 9.26 Å². The van der Waals surface area contributed by atoms with E-state index in [0.29, 0.717) is 5.56 Å². The Morgan fingerprint density at radius 1 is 1.16 bits per heavy atom. The van der Waals surface area contributed by atoms with Gasteiger partial charge in [0, 0.05) is 12.2 Å². The second-order valence-corrected chi connectivity index (χ2v) is 11.0. The van der Waals surface area contributed by atoms with Gasteiger partial charge in [-0.3, -0.25) is 9.88 Å². The summed E-state index contributed by atoms with van der Waals surface area (Å²) in [6, 6.07) is 8.28. The summed E-state index contributed by atoms with van der Waals surface area (Å²) in [5, 5.41) is 26.8. The number of rotatable bonds is 8. The molecule has 14 heteroatoms. The van der Waals surface area contributed by atoms with E-state index in [1.165, 1.54) is 17.2 Å². The molecule has 37 heavy (non-hydrogen) atoms. The van der Waals surface area contributed by atoms with Crippen LogP contribution in [0.1, 0.15) is 37.5 Å². The van der Waals surface area contributed by atoms with Crippen molar-refractivity contribution in [2.75, 3.05) is 11.9 Å². The SMILES string of the molecule is O=C(Nc1ncnc2c1ncn2[C@@H]1O[C@H](COP(=O)([O-])Cc2ccccc2)C(O)C1O)NC1CCCC1. The zero-order chi connectivity index (χ0) is 26.0. The molecule has 0 spiro atoms. The Morgan fingerprint density at radius 2 is 1.92 bits per heavy atom. The van der Waals surface area contributed by atoms with Gasteiger partial charge in [0.15, 0.2) is 23.2 Å². The Bertz CT molecular complexity index is 1290. The number of benzene rings is 1. The maximum Gasteiger partial charge on any atom is 0.320 e. The molecule has 2 aromatic heterocycles. The molecule has 5 atom stereocenters. The van der Waals surface area contributed by atoms with E-state index in [1.54, 1.807) is 30.3 Å². The molecule has 0 bridgehead atoms. The monoisotopic (exact) mass is 531 g/mol. The van der Waals surface area contributed by atoms with Crippen molar-refractivity contribution < 1.29 is 33.7 Å². The van der Waals surface area contributed by atoms with Gasteiger partial charge in [-0.1, -0.05) is 43.2 Å². The highest BCUT2D eigenvalue weighted by atomic mass is 31.2. The van der Waals surface area contributed by atoms with Crippen molar-refractivity contribution >= 4 is 30.6 Å². The molecular weight excluding hydrogens is 503 g/mol. The number of hydrogen-bond donors (Lipinski definition) is 4. The van der Waals surface area contributed by atoms with Crippen molar-refractivity contribution in [3.63, 3.8) is 0 Å². The predicted molar refractivity (Wildman–Crippen MR) is 129 cm³/mol. The van der Waals surface area contributed by atoms with Crippen molar-refractivity contribution in [1.29, 1.82) is 0 Å². The number of fused-ring (bicyclic) bond motifs is 1. The van der Waals surface area contributed by atoms with Crippen LogP contribution in [0.3, 0.4) is 0 Å². The molecule has 4 N–H and O–H groups in total. The minimum absolute atomic E-state index is 0.120. The summed E-state index contributed by atoms with van der Waals surface area (Å²) in [7, 11) is -4.27. The van der Waals surface area contributed by atoms with Gasteiger partial charge in [0.1, 0.15) is 32.2 Å². The second kappa shape index (κ2) is 10.8. The first-order chi connectivity index (χ1) is 17.8. The van der Waals surface area contributed by atoms with E-state index in [-0.39, 0.29) is 29.2 Å². The summed E-state index contributed by atoms with van der Waals surface area (Å²) in [4.78, 5) is 37.4. The number of urea groups is 1. The first-order valence-electron chi connectivity index (χ1n) is 12.1. The molecule has 2 amide bonds. The highest BCUT2D eigenvalue weighted by molar-refractivity contribution is 7.50. The fourth-order valence-corrected chi connectivity index (χ4v) is 5.79. The van der Waals surface area contributed by atoms with Gasteiger partial charge in [-0.2, -0.15) is 0 Å². The summed E-state index contributed by atoms with van der Waals surface area (Å²) < 4.78 is 24.7. The highest BCUT2D eigenvalue weighted by Gasteiger charge is 2.44. The fraction of sp³-hybridized carbons (Fsp3) is 0.478. The van der Waals surface area contributed by atoms with E-state index in [9.17, 15) is 24.5 Å². The minimum Gasteiger partial charge on any atom is -0.778 e. The summed E-state index contributed by atoms with van der Waals surface area (Å²) in [5.74, 6) is 0.181. The van der Waals surface area contributed by atoms with E-state index in [0.717, 1.165) is 25.7 Å². The van der Waals surface area contributed by atoms with Crippen LogP contribution in [-0.4, -0.2) is 66.7 Å². The van der Waals surface area contributed by atoms with Crippen LogP contribution >= 0.6 is 7.60 Å². The van der Waals surface area contributed by atoms with Crippen molar-refractivity contribution in [2.24, 2.45) is 0 Å². The van der Waals surface area contributed by atoms with Gasteiger partial charge in [0.05, 0.1) is 12.9 Å². The summed E-state index contributed by atoms with van der Waals surface area (Å²) in [5.41, 5.74) is 1.08. The molecule has 1 aliphatic heterocycles. The minimum atomic E-state index is -4.27. The topological polar surface area (TPSA) is 184 Å².